The standard InChI is InChI=1S/C16H18F3N/c1-12(10-20-11-16(17,18)19)9-14-7-4-6-13-5-2-3-8-15(13)14/h2-8,12,20H,9-11H2,1H3. The van der Waals surface area contributed by atoms with Gasteiger partial charge < -0.3 is 5.32 Å². The molecule has 20 heavy (non-hydrogen) atoms. The van der Waals surface area contributed by atoms with Gasteiger partial charge in [-0.05, 0) is 35.2 Å². The molecule has 0 aliphatic heterocycles. The van der Waals surface area contributed by atoms with Gasteiger partial charge in [0.2, 0.25) is 0 Å². The van der Waals surface area contributed by atoms with E-state index < -0.39 is 12.7 Å². The maximum atomic E-state index is 12.1. The quantitative estimate of drug-likeness (QED) is 0.867. The molecule has 4 heteroatoms. The molecule has 0 heterocycles. The Bertz CT molecular complexity index is 558. The molecule has 0 aliphatic carbocycles. The van der Waals surface area contributed by atoms with Crippen molar-refractivity contribution in [3.8, 4) is 0 Å². The molecule has 2 aromatic carbocycles. The van der Waals surface area contributed by atoms with Gasteiger partial charge >= 0.3 is 6.18 Å². The normalized spacial score (nSPS) is 13.6. The zero-order chi connectivity index (χ0) is 14.6. The van der Waals surface area contributed by atoms with Crippen LogP contribution in [0.1, 0.15) is 12.5 Å². The lowest BCUT2D eigenvalue weighted by Crippen LogP contribution is -2.32. The molecule has 0 bridgehead atoms. The van der Waals surface area contributed by atoms with E-state index in [1.54, 1.807) is 0 Å². The molecule has 1 atom stereocenters. The predicted molar refractivity (Wildman–Crippen MR) is 75.7 cm³/mol. The highest BCUT2D eigenvalue weighted by atomic mass is 19.4. The fourth-order valence-electron chi connectivity index (χ4n) is 2.38. The van der Waals surface area contributed by atoms with Gasteiger partial charge in [-0.3, -0.25) is 0 Å². The van der Waals surface area contributed by atoms with E-state index in [9.17, 15) is 13.2 Å². The summed E-state index contributed by atoms with van der Waals surface area (Å²) in [6.07, 6.45) is -3.37. The molecule has 0 aromatic heterocycles. The van der Waals surface area contributed by atoms with Crippen molar-refractivity contribution in [1.29, 1.82) is 0 Å². The van der Waals surface area contributed by atoms with Gasteiger partial charge in [-0.15, -0.1) is 0 Å². The zero-order valence-corrected chi connectivity index (χ0v) is 11.4. The first-order valence-electron chi connectivity index (χ1n) is 6.70. The van der Waals surface area contributed by atoms with Crippen LogP contribution in [0.15, 0.2) is 42.5 Å². The highest BCUT2D eigenvalue weighted by molar-refractivity contribution is 5.85. The summed E-state index contributed by atoms with van der Waals surface area (Å²) in [5.41, 5.74) is 1.18. The molecular formula is C16H18F3N. The van der Waals surface area contributed by atoms with Crippen molar-refractivity contribution >= 4 is 10.8 Å². The van der Waals surface area contributed by atoms with E-state index in [0.717, 1.165) is 6.42 Å². The van der Waals surface area contributed by atoms with E-state index in [4.69, 9.17) is 0 Å². The van der Waals surface area contributed by atoms with Crippen LogP contribution in [0, 0.1) is 5.92 Å². The highest BCUT2D eigenvalue weighted by Crippen LogP contribution is 2.21. The molecule has 108 valence electrons. The van der Waals surface area contributed by atoms with E-state index in [1.807, 2.05) is 43.3 Å². The van der Waals surface area contributed by atoms with Gasteiger partial charge in [-0.1, -0.05) is 49.4 Å². The zero-order valence-electron chi connectivity index (χ0n) is 11.4. The fraction of sp³-hybridized carbons (Fsp3) is 0.375. The Morgan fingerprint density at radius 1 is 1.05 bits per heavy atom. The third kappa shape index (κ3) is 4.23. The van der Waals surface area contributed by atoms with Gasteiger partial charge in [0.1, 0.15) is 0 Å². The minimum atomic E-state index is -4.14. The Balaban J connectivity index is 1.98. The molecular weight excluding hydrogens is 263 g/mol. The van der Waals surface area contributed by atoms with Crippen molar-refractivity contribution in [3.63, 3.8) is 0 Å². The fourth-order valence-corrected chi connectivity index (χ4v) is 2.38. The van der Waals surface area contributed by atoms with Crippen LogP contribution in [0.3, 0.4) is 0 Å². The smallest absolute Gasteiger partial charge is 0.308 e. The largest absolute Gasteiger partial charge is 0.401 e. The molecule has 1 unspecified atom stereocenters. The second-order valence-corrected chi connectivity index (χ2v) is 5.19. The Hall–Kier alpha value is -1.55. The first-order chi connectivity index (χ1) is 9.46. The van der Waals surface area contributed by atoms with Gasteiger partial charge in [0.15, 0.2) is 0 Å². The molecule has 0 spiro atoms. The Kier molecular flexibility index (Phi) is 4.65. The predicted octanol–water partition coefficient (Wildman–Crippen LogP) is 4.17. The molecule has 0 radical (unpaired) electrons. The monoisotopic (exact) mass is 281 g/mol. The first kappa shape index (κ1) is 14.9. The summed E-state index contributed by atoms with van der Waals surface area (Å²) < 4.78 is 36.2. The molecule has 2 aromatic rings. The second kappa shape index (κ2) is 6.27. The molecule has 2 rings (SSSR count). The van der Waals surface area contributed by atoms with E-state index >= 15 is 0 Å². The van der Waals surface area contributed by atoms with E-state index in [2.05, 4.69) is 11.4 Å². The van der Waals surface area contributed by atoms with Crippen molar-refractivity contribution in [2.45, 2.75) is 19.5 Å². The maximum absolute atomic E-state index is 12.1. The van der Waals surface area contributed by atoms with Crippen LogP contribution < -0.4 is 5.32 Å². The number of hydrogen-bond acceptors (Lipinski definition) is 1. The van der Waals surface area contributed by atoms with E-state index in [1.165, 1.54) is 16.3 Å². The van der Waals surface area contributed by atoms with Crippen LogP contribution in [0.5, 0.6) is 0 Å². The van der Waals surface area contributed by atoms with Crippen molar-refractivity contribution in [2.75, 3.05) is 13.1 Å². The molecule has 0 fully saturated rings. The maximum Gasteiger partial charge on any atom is 0.401 e. The van der Waals surface area contributed by atoms with Gasteiger partial charge in [0.05, 0.1) is 6.54 Å². The van der Waals surface area contributed by atoms with Gasteiger partial charge in [0, 0.05) is 0 Å². The van der Waals surface area contributed by atoms with Crippen molar-refractivity contribution < 1.29 is 13.2 Å². The number of fused-ring (bicyclic) bond motifs is 1. The lowest BCUT2D eigenvalue weighted by atomic mass is 9.96. The van der Waals surface area contributed by atoms with Crippen LogP contribution in [0.25, 0.3) is 10.8 Å². The number of rotatable bonds is 5. The molecule has 0 aliphatic rings. The lowest BCUT2D eigenvalue weighted by Gasteiger charge is -2.15. The van der Waals surface area contributed by atoms with E-state index in [0.29, 0.717) is 6.54 Å². The third-order valence-electron chi connectivity index (χ3n) is 3.27. The summed E-state index contributed by atoms with van der Waals surface area (Å²) in [4.78, 5) is 0. The lowest BCUT2D eigenvalue weighted by molar-refractivity contribution is -0.125. The van der Waals surface area contributed by atoms with Gasteiger partial charge in [0.25, 0.3) is 0 Å². The summed E-state index contributed by atoms with van der Waals surface area (Å²) >= 11 is 0. The SMILES string of the molecule is CC(CNCC(F)(F)F)Cc1cccc2ccccc12. The summed E-state index contributed by atoms with van der Waals surface area (Å²) in [7, 11) is 0. The van der Waals surface area contributed by atoms with Gasteiger partial charge in [-0.25, -0.2) is 0 Å². The van der Waals surface area contributed by atoms with Crippen LogP contribution in [-0.4, -0.2) is 19.3 Å². The third-order valence-corrected chi connectivity index (χ3v) is 3.27. The summed E-state index contributed by atoms with van der Waals surface area (Å²) in [5, 5.41) is 4.81. The second-order valence-electron chi connectivity index (χ2n) is 5.19. The minimum absolute atomic E-state index is 0.156. The Labute approximate surface area is 116 Å². The van der Waals surface area contributed by atoms with Crippen molar-refractivity contribution in [3.05, 3.63) is 48.0 Å². The molecule has 0 saturated carbocycles. The van der Waals surface area contributed by atoms with Crippen LogP contribution >= 0.6 is 0 Å². The van der Waals surface area contributed by atoms with Crippen molar-refractivity contribution in [1.82, 2.24) is 5.32 Å². The van der Waals surface area contributed by atoms with E-state index in [-0.39, 0.29) is 5.92 Å². The molecule has 1 nitrogen and oxygen atoms in total. The molecule has 0 amide bonds. The summed E-state index contributed by atoms with van der Waals surface area (Å²) in [5.74, 6) is 0.156. The molecule has 0 saturated heterocycles. The number of benzene rings is 2. The van der Waals surface area contributed by atoms with Crippen LogP contribution in [0.2, 0.25) is 0 Å². The first-order valence-corrected chi connectivity index (χ1v) is 6.70. The molecule has 1 N–H and O–H groups in total. The summed E-state index contributed by atoms with van der Waals surface area (Å²) in [6, 6.07) is 14.2. The summed E-state index contributed by atoms with van der Waals surface area (Å²) in [6.45, 7) is 1.40. The average Bonchev–Trinajstić information content (AvgIpc) is 2.37. The number of halogens is 3. The number of nitrogens with one attached hydrogen (secondary N) is 1. The number of alkyl halides is 3. The topological polar surface area (TPSA) is 12.0 Å². The minimum Gasteiger partial charge on any atom is -0.308 e. The average molecular weight is 281 g/mol. The highest BCUT2D eigenvalue weighted by Gasteiger charge is 2.26. The number of hydrogen-bond donors (Lipinski definition) is 1. The Morgan fingerprint density at radius 2 is 1.75 bits per heavy atom. The van der Waals surface area contributed by atoms with Crippen LogP contribution in [-0.2, 0) is 6.42 Å². The van der Waals surface area contributed by atoms with Gasteiger partial charge in [-0.2, -0.15) is 13.2 Å². The van der Waals surface area contributed by atoms with Crippen LogP contribution in [0.4, 0.5) is 13.2 Å². The van der Waals surface area contributed by atoms with Crippen molar-refractivity contribution in [2.24, 2.45) is 5.92 Å². The Morgan fingerprint density at radius 3 is 2.50 bits per heavy atom.